The molecule has 0 atom stereocenters. The van der Waals surface area contributed by atoms with E-state index in [1.165, 1.54) is 12.1 Å². The zero-order valence-corrected chi connectivity index (χ0v) is 11.0. The van der Waals surface area contributed by atoms with Gasteiger partial charge in [-0.15, -0.1) is 0 Å². The van der Waals surface area contributed by atoms with Gasteiger partial charge in [-0.2, -0.15) is 0 Å². The van der Waals surface area contributed by atoms with Gasteiger partial charge in [-0.1, -0.05) is 12.0 Å². The Bertz CT molecular complexity index is 736. The lowest BCUT2D eigenvalue weighted by Gasteiger charge is -2.03. The van der Waals surface area contributed by atoms with Crippen LogP contribution >= 0.6 is 0 Å². The van der Waals surface area contributed by atoms with Crippen LogP contribution in [0.25, 0.3) is 0 Å². The number of carbonyl (C=O) groups excluding carboxylic acids is 1. The maximum Gasteiger partial charge on any atom is 0.335 e. The fraction of sp³-hybridized carbons (Fsp3) is 0.133. The van der Waals surface area contributed by atoms with E-state index in [9.17, 15) is 9.59 Å². The van der Waals surface area contributed by atoms with E-state index in [-0.39, 0.29) is 12.2 Å². The molecule has 106 valence electrons. The number of nitrogens with zero attached hydrogens (tertiary/aromatic N) is 1. The van der Waals surface area contributed by atoms with E-state index in [1.807, 2.05) is 0 Å². The molecule has 0 radical (unpaired) electrons. The molecule has 1 amide bonds. The van der Waals surface area contributed by atoms with Crippen molar-refractivity contribution < 1.29 is 14.3 Å². The number of carbonyl (C=O) groups is 1. The molecule has 0 saturated heterocycles. The Morgan fingerprint density at radius 3 is 2.90 bits per heavy atom. The summed E-state index contributed by atoms with van der Waals surface area (Å²) in [6, 6.07) is 7.55. The smallest absolute Gasteiger partial charge is 0.335 e. The highest BCUT2D eigenvalue weighted by Crippen LogP contribution is 2.06. The van der Waals surface area contributed by atoms with Crippen molar-refractivity contribution in [1.29, 1.82) is 0 Å². The lowest BCUT2D eigenvalue weighted by atomic mass is 10.3. The van der Waals surface area contributed by atoms with Gasteiger partial charge in [0.15, 0.2) is 0 Å². The quantitative estimate of drug-likeness (QED) is 0.821. The monoisotopic (exact) mass is 284 g/mol. The van der Waals surface area contributed by atoms with Crippen LogP contribution < -0.4 is 10.9 Å². The van der Waals surface area contributed by atoms with Crippen LogP contribution in [0.5, 0.6) is 0 Å². The largest absolute Gasteiger partial charge is 0.430 e. The van der Waals surface area contributed by atoms with Crippen molar-refractivity contribution in [3.63, 3.8) is 0 Å². The highest BCUT2D eigenvalue weighted by atomic mass is 16.4. The molecule has 2 heterocycles. The Hall–Kier alpha value is -2.91. The second-order valence-electron chi connectivity index (χ2n) is 3.98. The number of anilines is 1. The molecule has 2 N–H and O–H groups in total. The van der Waals surface area contributed by atoms with Gasteiger partial charge in [0.05, 0.1) is 12.2 Å². The molecule has 0 unspecified atom stereocenters. The first-order valence-corrected chi connectivity index (χ1v) is 6.16. The van der Waals surface area contributed by atoms with Crippen LogP contribution in [0.2, 0.25) is 0 Å². The molecular weight excluding hydrogens is 272 g/mol. The summed E-state index contributed by atoms with van der Waals surface area (Å²) in [6.07, 6.45) is 1.45. The van der Waals surface area contributed by atoms with Crippen LogP contribution in [0.4, 0.5) is 5.82 Å². The topological polar surface area (TPSA) is 92.4 Å². The molecule has 6 heteroatoms. The van der Waals surface area contributed by atoms with Gasteiger partial charge in [-0.3, -0.25) is 4.79 Å². The summed E-state index contributed by atoms with van der Waals surface area (Å²) in [4.78, 5) is 26.9. The third-order valence-corrected chi connectivity index (χ3v) is 2.41. The lowest BCUT2D eigenvalue weighted by Crippen LogP contribution is -2.14. The number of hydrogen-bond donors (Lipinski definition) is 2. The molecule has 21 heavy (non-hydrogen) atoms. The fourth-order valence-electron chi connectivity index (χ4n) is 1.46. The Morgan fingerprint density at radius 2 is 2.19 bits per heavy atom. The van der Waals surface area contributed by atoms with Gasteiger partial charge >= 0.3 is 5.63 Å². The van der Waals surface area contributed by atoms with Crippen LogP contribution in [-0.2, 0) is 0 Å². The van der Waals surface area contributed by atoms with Gasteiger partial charge in [0.2, 0.25) is 0 Å². The number of rotatable bonds is 3. The normalized spacial score (nSPS) is 9.57. The summed E-state index contributed by atoms with van der Waals surface area (Å²) >= 11 is 0. The van der Waals surface area contributed by atoms with E-state index in [1.54, 1.807) is 18.2 Å². The molecule has 6 nitrogen and oxygen atoms in total. The van der Waals surface area contributed by atoms with E-state index in [0.717, 1.165) is 6.26 Å². The van der Waals surface area contributed by atoms with Crippen LogP contribution in [0.3, 0.4) is 0 Å². The maximum absolute atomic E-state index is 11.9. The first-order chi connectivity index (χ1) is 10.2. The second kappa shape index (κ2) is 7.03. The third kappa shape index (κ3) is 4.30. The molecule has 0 spiro atoms. The number of aliphatic hydroxyl groups excluding tert-OH is 1. The molecule has 2 aromatic rings. The molecule has 0 saturated carbocycles. The number of aliphatic hydroxyl groups is 1. The first kappa shape index (κ1) is 14.5. The van der Waals surface area contributed by atoms with Gasteiger partial charge in [0.1, 0.15) is 17.8 Å². The van der Waals surface area contributed by atoms with Crippen LogP contribution in [0.15, 0.2) is 45.8 Å². The van der Waals surface area contributed by atoms with Crippen LogP contribution in [-0.4, -0.2) is 22.6 Å². The number of nitrogens with one attached hydrogen (secondary N) is 1. The summed E-state index contributed by atoms with van der Waals surface area (Å²) in [5.41, 5.74) is 0.180. The Morgan fingerprint density at radius 1 is 1.33 bits per heavy atom. The molecule has 0 aromatic carbocycles. The molecule has 0 aliphatic rings. The predicted octanol–water partition coefficient (Wildman–Crippen LogP) is 1.02. The molecule has 0 fully saturated rings. The minimum atomic E-state index is -0.522. The first-order valence-electron chi connectivity index (χ1n) is 6.16. The van der Waals surface area contributed by atoms with Crippen molar-refractivity contribution in [2.75, 3.05) is 11.9 Å². The Balaban J connectivity index is 2.11. The SMILES string of the molecule is O=C(Nc1cccc(C#CCCO)n1)c1ccc(=O)oc1. The van der Waals surface area contributed by atoms with Crippen LogP contribution in [0.1, 0.15) is 22.5 Å². The summed E-state index contributed by atoms with van der Waals surface area (Å²) < 4.78 is 4.62. The second-order valence-corrected chi connectivity index (χ2v) is 3.98. The number of aromatic nitrogens is 1. The van der Waals surface area contributed by atoms with Gasteiger partial charge in [0, 0.05) is 12.5 Å². The number of pyridine rings is 1. The van der Waals surface area contributed by atoms with E-state index >= 15 is 0 Å². The van der Waals surface area contributed by atoms with Gasteiger partial charge < -0.3 is 14.8 Å². The van der Waals surface area contributed by atoms with Crippen molar-refractivity contribution in [2.24, 2.45) is 0 Å². The summed E-state index contributed by atoms with van der Waals surface area (Å²) in [6.45, 7) is -0.0113. The minimum absolute atomic E-state index is 0.0113. The van der Waals surface area contributed by atoms with Crippen molar-refractivity contribution >= 4 is 11.7 Å². The molecular formula is C15H12N2O4. The summed E-state index contributed by atoms with van der Waals surface area (Å²) in [5.74, 6) is 5.42. The van der Waals surface area contributed by atoms with E-state index in [4.69, 9.17) is 5.11 Å². The molecule has 0 aliphatic heterocycles. The Kier molecular flexibility index (Phi) is 4.85. The summed E-state index contributed by atoms with van der Waals surface area (Å²) in [7, 11) is 0. The molecule has 0 bridgehead atoms. The zero-order valence-electron chi connectivity index (χ0n) is 11.0. The van der Waals surface area contributed by atoms with Crippen molar-refractivity contribution in [2.45, 2.75) is 6.42 Å². The predicted molar refractivity (Wildman–Crippen MR) is 75.7 cm³/mol. The molecule has 2 rings (SSSR count). The van der Waals surface area contributed by atoms with E-state index in [2.05, 4.69) is 26.6 Å². The van der Waals surface area contributed by atoms with E-state index < -0.39 is 11.5 Å². The minimum Gasteiger partial charge on any atom is -0.430 e. The average Bonchev–Trinajstić information content (AvgIpc) is 2.48. The Labute approximate surface area is 120 Å². The standard InChI is InChI=1S/C15H12N2O4/c18-9-2-1-4-12-5-3-6-13(16-12)17-15(20)11-7-8-14(19)21-10-11/h3,5-8,10,18H,2,9H2,(H,16,17,20). The van der Waals surface area contributed by atoms with Gasteiger partial charge in [0.25, 0.3) is 5.91 Å². The fourth-order valence-corrected chi connectivity index (χ4v) is 1.46. The van der Waals surface area contributed by atoms with Crippen molar-refractivity contribution in [3.05, 3.63) is 58.3 Å². The van der Waals surface area contributed by atoms with Crippen molar-refractivity contribution in [1.82, 2.24) is 4.98 Å². The van der Waals surface area contributed by atoms with Gasteiger partial charge in [-0.05, 0) is 24.1 Å². The number of hydrogen-bond acceptors (Lipinski definition) is 5. The molecule has 0 aliphatic carbocycles. The number of amides is 1. The highest BCUT2D eigenvalue weighted by molar-refractivity contribution is 6.03. The van der Waals surface area contributed by atoms with Crippen LogP contribution in [0, 0.1) is 11.8 Å². The van der Waals surface area contributed by atoms with E-state index in [0.29, 0.717) is 17.9 Å². The maximum atomic E-state index is 11.9. The third-order valence-electron chi connectivity index (χ3n) is 2.41. The summed E-state index contributed by atoms with van der Waals surface area (Å²) in [5, 5.41) is 11.2. The highest BCUT2D eigenvalue weighted by Gasteiger charge is 2.07. The van der Waals surface area contributed by atoms with Crippen molar-refractivity contribution in [3.8, 4) is 11.8 Å². The lowest BCUT2D eigenvalue weighted by molar-refractivity contribution is 0.102. The average molecular weight is 284 g/mol. The zero-order chi connectivity index (χ0) is 15.1. The molecule has 2 aromatic heterocycles. The van der Waals surface area contributed by atoms with Gasteiger partial charge in [-0.25, -0.2) is 9.78 Å².